The fourth-order valence-corrected chi connectivity index (χ4v) is 4.72. The first-order chi connectivity index (χ1) is 16.3. The van der Waals surface area contributed by atoms with Gasteiger partial charge >= 0.3 is 5.69 Å². The number of hydrogen-bond donors (Lipinski definition) is 1. The molecule has 3 aromatic rings. The summed E-state index contributed by atoms with van der Waals surface area (Å²) < 4.78 is 0. The fourth-order valence-electron chi connectivity index (χ4n) is 4.72. The third-order valence-electron chi connectivity index (χ3n) is 7.11. The van der Waals surface area contributed by atoms with Crippen molar-refractivity contribution in [3.8, 4) is 5.75 Å². The molecule has 0 fully saturated rings. The maximum atomic E-state index is 11.6. The number of azo groups is 1. The molecule has 170 valence electrons. The van der Waals surface area contributed by atoms with Crippen LogP contribution in [0.15, 0.2) is 107 Å². The largest absolute Gasteiger partial charge is 0.502 e. The summed E-state index contributed by atoms with van der Waals surface area (Å²) in [5, 5.41) is 21.1. The highest BCUT2D eigenvalue weighted by Crippen LogP contribution is 2.46. The van der Waals surface area contributed by atoms with E-state index >= 15 is 0 Å². The number of benzene rings is 3. The molecule has 0 saturated carbocycles. The van der Waals surface area contributed by atoms with Gasteiger partial charge in [0.2, 0.25) is 0 Å². The molecule has 4 nitrogen and oxygen atoms in total. The van der Waals surface area contributed by atoms with Crippen molar-refractivity contribution < 1.29 is 9.91 Å². The Kier molecular flexibility index (Phi) is 5.32. The van der Waals surface area contributed by atoms with Crippen molar-refractivity contribution in [2.75, 3.05) is 0 Å². The van der Waals surface area contributed by atoms with E-state index in [9.17, 15) is 5.11 Å². The Bertz CT molecular complexity index is 1350. The molecule has 0 radical (unpaired) electrons. The van der Waals surface area contributed by atoms with Gasteiger partial charge in [-0.2, -0.15) is 0 Å². The molecule has 1 atom stereocenters. The smallest absolute Gasteiger partial charge is 0.309 e. The number of hydrazone groups is 1. The Hall–Kier alpha value is -3.79. The average molecular weight is 449 g/mol. The van der Waals surface area contributed by atoms with Gasteiger partial charge in [0.05, 0.1) is 4.81 Å². The second-order valence-electron chi connectivity index (χ2n) is 9.99. The van der Waals surface area contributed by atoms with Crippen molar-refractivity contribution >= 4 is 11.4 Å². The maximum absolute atomic E-state index is 11.6. The van der Waals surface area contributed by atoms with E-state index in [-0.39, 0.29) is 17.2 Å². The molecule has 1 aliphatic carbocycles. The zero-order valence-electron chi connectivity index (χ0n) is 20.1. The molecule has 1 heterocycles. The minimum absolute atomic E-state index is 0.124. The number of phenolic OH excluding ortho intramolecular Hbond substituents is 1. The van der Waals surface area contributed by atoms with Crippen LogP contribution in [0.4, 0.5) is 5.69 Å². The first kappa shape index (κ1) is 22.0. The standard InChI is InChI=1S/C30H29N3O/c1-29(2,21-13-7-5-8-14-21)23-19-24(30(3,4)22-15-9-6-10-16-22)28(34)27(20-23)33-31-25-17-11-12-18-26(25)32-33/h5-20,25H,1-4H3/p+1. The Morgan fingerprint density at radius 2 is 1.38 bits per heavy atom. The minimum atomic E-state index is -0.428. The van der Waals surface area contributed by atoms with Crippen LogP contribution < -0.4 is 0 Å². The van der Waals surface area contributed by atoms with E-state index in [0.717, 1.165) is 22.4 Å². The van der Waals surface area contributed by atoms with E-state index in [2.05, 4.69) is 70.2 Å². The molecule has 0 spiro atoms. The van der Waals surface area contributed by atoms with Gasteiger partial charge in [-0.05, 0) is 34.9 Å². The van der Waals surface area contributed by atoms with Crippen LogP contribution in [0, 0.1) is 0 Å². The van der Waals surface area contributed by atoms with Gasteiger partial charge in [0, 0.05) is 32.7 Å². The number of nitrogens with zero attached hydrogens (tertiary/aromatic N) is 3. The van der Waals surface area contributed by atoms with Crippen molar-refractivity contribution in [3.05, 3.63) is 119 Å². The Morgan fingerprint density at radius 3 is 2.00 bits per heavy atom. The predicted molar refractivity (Wildman–Crippen MR) is 137 cm³/mol. The highest BCUT2D eigenvalue weighted by atomic mass is 16.3. The zero-order chi connectivity index (χ0) is 23.9. The van der Waals surface area contributed by atoms with Gasteiger partial charge in [-0.15, -0.1) is 0 Å². The lowest BCUT2D eigenvalue weighted by atomic mass is 9.72. The second-order valence-corrected chi connectivity index (χ2v) is 9.99. The molecule has 1 aliphatic heterocycles. The van der Waals surface area contributed by atoms with Crippen LogP contribution in [-0.2, 0) is 10.8 Å². The number of allylic oxidation sites excluding steroid dienone is 2. The van der Waals surface area contributed by atoms with E-state index in [1.165, 1.54) is 5.56 Å². The van der Waals surface area contributed by atoms with E-state index in [1.807, 2.05) is 54.6 Å². The van der Waals surface area contributed by atoms with Crippen LogP contribution in [-0.4, -0.2) is 21.7 Å². The molecule has 1 N–H and O–H groups in total. The summed E-state index contributed by atoms with van der Waals surface area (Å²) in [6.07, 6.45) is 7.93. The van der Waals surface area contributed by atoms with Crippen molar-refractivity contribution in [2.24, 2.45) is 10.2 Å². The van der Waals surface area contributed by atoms with Gasteiger partial charge in [-0.3, -0.25) is 0 Å². The van der Waals surface area contributed by atoms with E-state index in [4.69, 9.17) is 10.2 Å². The molecule has 5 rings (SSSR count). The van der Waals surface area contributed by atoms with Crippen molar-refractivity contribution in [1.82, 2.24) is 0 Å². The van der Waals surface area contributed by atoms with Gasteiger partial charge < -0.3 is 5.11 Å². The van der Waals surface area contributed by atoms with Crippen molar-refractivity contribution in [3.63, 3.8) is 0 Å². The summed E-state index contributed by atoms with van der Waals surface area (Å²) in [4.78, 5) is 1.60. The molecule has 0 saturated heterocycles. The quantitative estimate of drug-likeness (QED) is 0.420. The van der Waals surface area contributed by atoms with Gasteiger partial charge in [0.15, 0.2) is 11.8 Å². The first-order valence-corrected chi connectivity index (χ1v) is 11.7. The number of fused-ring (bicyclic) bond motifs is 1. The lowest BCUT2D eigenvalue weighted by Crippen LogP contribution is -2.23. The summed E-state index contributed by atoms with van der Waals surface area (Å²) in [6, 6.07) is 24.8. The third-order valence-corrected chi connectivity index (χ3v) is 7.11. The molecule has 0 aromatic heterocycles. The molecule has 1 unspecified atom stereocenters. The summed E-state index contributed by atoms with van der Waals surface area (Å²) in [6.45, 7) is 8.74. The van der Waals surface area contributed by atoms with Gasteiger partial charge in [0.1, 0.15) is 5.71 Å². The molecular formula is C30H30N3O+. The van der Waals surface area contributed by atoms with Crippen LogP contribution in [0.5, 0.6) is 5.75 Å². The molecule has 4 heteroatoms. The normalized spacial score (nSPS) is 17.4. The Labute approximate surface area is 201 Å². The van der Waals surface area contributed by atoms with Crippen LogP contribution in [0.3, 0.4) is 0 Å². The zero-order valence-corrected chi connectivity index (χ0v) is 20.1. The summed E-state index contributed by atoms with van der Waals surface area (Å²) >= 11 is 0. The van der Waals surface area contributed by atoms with Crippen LogP contribution in [0.25, 0.3) is 0 Å². The Morgan fingerprint density at radius 1 is 0.765 bits per heavy atom. The van der Waals surface area contributed by atoms with Crippen LogP contribution >= 0.6 is 0 Å². The number of phenols is 1. The third kappa shape index (κ3) is 3.69. The van der Waals surface area contributed by atoms with E-state index in [0.29, 0.717) is 5.69 Å². The van der Waals surface area contributed by atoms with Gasteiger partial charge in [-0.1, -0.05) is 101 Å². The SMILES string of the molecule is CC(C)(c1ccccc1)c1cc([N+]2=NC3C=CC=CC3=N2)c(O)c(C(C)(C)c2ccccc2)c1. The maximum Gasteiger partial charge on any atom is 0.309 e. The molecule has 0 amide bonds. The average Bonchev–Trinajstić information content (AvgIpc) is 3.29. The van der Waals surface area contributed by atoms with Gasteiger partial charge in [0.25, 0.3) is 0 Å². The van der Waals surface area contributed by atoms with E-state index in [1.54, 1.807) is 4.81 Å². The summed E-state index contributed by atoms with van der Waals surface area (Å²) in [5.41, 5.74) is 5.05. The lowest BCUT2D eigenvalue weighted by molar-refractivity contribution is -0.513. The Balaban J connectivity index is 1.73. The van der Waals surface area contributed by atoms with Crippen LogP contribution in [0.1, 0.15) is 49.9 Å². The lowest BCUT2D eigenvalue weighted by Gasteiger charge is -2.31. The summed E-state index contributed by atoms with van der Waals surface area (Å²) in [5.74, 6) is 0.209. The monoisotopic (exact) mass is 448 g/mol. The highest BCUT2D eigenvalue weighted by Gasteiger charge is 2.38. The second kappa shape index (κ2) is 8.21. The summed E-state index contributed by atoms with van der Waals surface area (Å²) in [7, 11) is 0. The molecule has 2 aliphatic rings. The topological polar surface area (TPSA) is 48.0 Å². The van der Waals surface area contributed by atoms with E-state index < -0.39 is 5.41 Å². The van der Waals surface area contributed by atoms with Gasteiger partial charge in [-0.25, -0.2) is 0 Å². The van der Waals surface area contributed by atoms with Crippen molar-refractivity contribution in [2.45, 2.75) is 44.6 Å². The molecule has 0 bridgehead atoms. The number of rotatable bonds is 5. The molecule has 3 aromatic carbocycles. The first-order valence-electron chi connectivity index (χ1n) is 11.7. The van der Waals surface area contributed by atoms with Crippen LogP contribution in [0.2, 0.25) is 0 Å². The minimum Gasteiger partial charge on any atom is -0.502 e. The fraction of sp³-hybridized carbons (Fsp3) is 0.233. The number of aromatic hydroxyl groups is 1. The highest BCUT2D eigenvalue weighted by molar-refractivity contribution is 6.02. The molecule has 34 heavy (non-hydrogen) atoms. The van der Waals surface area contributed by atoms with Crippen molar-refractivity contribution in [1.29, 1.82) is 0 Å². The predicted octanol–water partition coefficient (Wildman–Crippen LogP) is 7.00. The number of hydrogen-bond acceptors (Lipinski definition) is 3. The molecular weight excluding hydrogens is 418 g/mol.